The summed E-state index contributed by atoms with van der Waals surface area (Å²) in [6.45, 7) is 1.93. The second-order valence-electron chi connectivity index (χ2n) is 2.54. The minimum Gasteiger partial charge on any atom is -0.411 e. The molecular formula is C8H17NO2. The number of oxime groups is 1. The molecule has 3 heteroatoms. The Labute approximate surface area is 67.7 Å². The first-order valence-corrected chi connectivity index (χ1v) is 4.15. The van der Waals surface area contributed by atoms with Crippen LogP contribution in [0.25, 0.3) is 0 Å². The first-order valence-electron chi connectivity index (χ1n) is 4.15. The number of nitrogens with zero attached hydrogens (tertiary/aromatic N) is 1. The molecule has 0 amide bonds. The van der Waals surface area contributed by atoms with E-state index in [4.69, 9.17) is 10.3 Å². The van der Waals surface area contributed by atoms with Gasteiger partial charge in [0.05, 0.1) is 5.71 Å². The fourth-order valence-corrected chi connectivity index (χ4v) is 1.06. The zero-order valence-electron chi connectivity index (χ0n) is 7.08. The molecule has 0 aliphatic heterocycles. The van der Waals surface area contributed by atoms with Crippen LogP contribution in [0.3, 0.4) is 0 Å². The summed E-state index contributed by atoms with van der Waals surface area (Å²) in [4.78, 5) is 0. The topological polar surface area (TPSA) is 52.8 Å². The lowest BCUT2D eigenvalue weighted by molar-refractivity contribution is 0.314. The maximum Gasteiger partial charge on any atom is 0.0570 e. The summed E-state index contributed by atoms with van der Waals surface area (Å²) < 4.78 is 0. The van der Waals surface area contributed by atoms with Crippen molar-refractivity contribution in [2.45, 2.75) is 39.0 Å². The standard InChI is InChI=1S/C6H11NO.C2H6O/c8-7-6-4-2-1-3-5-6;1-2-3/h8H,1-5H2;3H,2H2,1H3. The largest absolute Gasteiger partial charge is 0.411 e. The van der Waals surface area contributed by atoms with Crippen molar-refractivity contribution in [3.63, 3.8) is 0 Å². The highest BCUT2D eigenvalue weighted by Gasteiger charge is 2.05. The highest BCUT2D eigenvalue weighted by atomic mass is 16.4. The summed E-state index contributed by atoms with van der Waals surface area (Å²) in [5, 5.41) is 19.0. The van der Waals surface area contributed by atoms with Crippen molar-refractivity contribution in [2.75, 3.05) is 6.61 Å². The molecule has 1 saturated carbocycles. The molecule has 0 aromatic rings. The van der Waals surface area contributed by atoms with Crippen molar-refractivity contribution in [3.8, 4) is 0 Å². The molecule has 0 aromatic heterocycles. The normalized spacial score (nSPS) is 16.7. The van der Waals surface area contributed by atoms with Crippen LogP contribution in [0.15, 0.2) is 5.16 Å². The van der Waals surface area contributed by atoms with Gasteiger partial charge in [-0.3, -0.25) is 0 Å². The smallest absolute Gasteiger partial charge is 0.0570 e. The Kier molecular flexibility index (Phi) is 7.15. The van der Waals surface area contributed by atoms with Crippen LogP contribution < -0.4 is 0 Å². The lowest BCUT2D eigenvalue weighted by Crippen LogP contribution is -2.03. The van der Waals surface area contributed by atoms with Gasteiger partial charge >= 0.3 is 0 Å². The molecular weight excluding hydrogens is 142 g/mol. The molecule has 0 unspecified atom stereocenters. The molecule has 0 spiro atoms. The zero-order valence-corrected chi connectivity index (χ0v) is 7.08. The van der Waals surface area contributed by atoms with Crippen LogP contribution in [0, 0.1) is 0 Å². The zero-order chi connectivity index (χ0) is 8.53. The lowest BCUT2D eigenvalue weighted by Gasteiger charge is -2.08. The van der Waals surface area contributed by atoms with Gasteiger partial charge in [0, 0.05) is 6.61 Å². The Morgan fingerprint density at radius 1 is 1.27 bits per heavy atom. The van der Waals surface area contributed by atoms with E-state index in [1.165, 1.54) is 19.3 Å². The Morgan fingerprint density at radius 2 is 1.73 bits per heavy atom. The monoisotopic (exact) mass is 159 g/mol. The van der Waals surface area contributed by atoms with Gasteiger partial charge in [0.25, 0.3) is 0 Å². The third-order valence-electron chi connectivity index (χ3n) is 1.57. The van der Waals surface area contributed by atoms with E-state index in [-0.39, 0.29) is 6.61 Å². The molecule has 1 aliphatic carbocycles. The second kappa shape index (κ2) is 7.54. The van der Waals surface area contributed by atoms with E-state index in [0.717, 1.165) is 18.6 Å². The Balaban J connectivity index is 0.000000292. The predicted octanol–water partition coefficient (Wildman–Crippen LogP) is 1.78. The SMILES string of the molecule is CCO.ON=C1CCCCC1. The molecule has 0 aromatic carbocycles. The first kappa shape index (κ1) is 10.4. The third kappa shape index (κ3) is 5.85. The van der Waals surface area contributed by atoms with Crippen molar-refractivity contribution in [2.24, 2.45) is 5.16 Å². The van der Waals surface area contributed by atoms with E-state index in [2.05, 4.69) is 5.16 Å². The summed E-state index contributed by atoms with van der Waals surface area (Å²) >= 11 is 0. The van der Waals surface area contributed by atoms with Crippen LogP contribution in [-0.4, -0.2) is 22.6 Å². The van der Waals surface area contributed by atoms with E-state index in [1.54, 1.807) is 6.92 Å². The molecule has 0 heterocycles. The van der Waals surface area contributed by atoms with Gasteiger partial charge in [0.1, 0.15) is 0 Å². The van der Waals surface area contributed by atoms with Crippen molar-refractivity contribution in [3.05, 3.63) is 0 Å². The highest BCUT2D eigenvalue weighted by Crippen LogP contribution is 2.13. The van der Waals surface area contributed by atoms with Crippen LogP contribution in [0.1, 0.15) is 39.0 Å². The van der Waals surface area contributed by atoms with Gasteiger partial charge in [-0.2, -0.15) is 0 Å². The Morgan fingerprint density at radius 3 is 2.00 bits per heavy atom. The molecule has 1 rings (SSSR count). The predicted molar refractivity (Wildman–Crippen MR) is 45.1 cm³/mol. The number of rotatable bonds is 0. The number of hydrogen-bond acceptors (Lipinski definition) is 3. The van der Waals surface area contributed by atoms with Gasteiger partial charge in [0.2, 0.25) is 0 Å². The van der Waals surface area contributed by atoms with Crippen molar-refractivity contribution < 1.29 is 10.3 Å². The van der Waals surface area contributed by atoms with Gasteiger partial charge < -0.3 is 10.3 Å². The first-order chi connectivity index (χ1) is 5.35. The summed E-state index contributed by atoms with van der Waals surface area (Å²) in [6, 6.07) is 0. The maximum atomic E-state index is 8.28. The molecule has 66 valence electrons. The second-order valence-corrected chi connectivity index (χ2v) is 2.54. The van der Waals surface area contributed by atoms with Crippen LogP contribution in [0.5, 0.6) is 0 Å². The fraction of sp³-hybridized carbons (Fsp3) is 0.875. The summed E-state index contributed by atoms with van der Waals surface area (Å²) in [5.41, 5.74) is 0.983. The average molecular weight is 159 g/mol. The Hall–Kier alpha value is -0.570. The van der Waals surface area contributed by atoms with Gasteiger partial charge in [-0.05, 0) is 32.6 Å². The molecule has 0 radical (unpaired) electrons. The number of aliphatic hydroxyl groups is 1. The molecule has 0 bridgehead atoms. The average Bonchev–Trinajstić information content (AvgIpc) is 2.08. The van der Waals surface area contributed by atoms with E-state index in [1.807, 2.05) is 0 Å². The maximum absolute atomic E-state index is 8.28. The van der Waals surface area contributed by atoms with Crippen LogP contribution in [0.2, 0.25) is 0 Å². The minimum absolute atomic E-state index is 0.250. The highest BCUT2D eigenvalue weighted by molar-refractivity contribution is 5.84. The van der Waals surface area contributed by atoms with Crippen molar-refractivity contribution >= 4 is 5.71 Å². The molecule has 2 N–H and O–H groups in total. The van der Waals surface area contributed by atoms with E-state index >= 15 is 0 Å². The fourth-order valence-electron chi connectivity index (χ4n) is 1.06. The summed E-state index contributed by atoms with van der Waals surface area (Å²) in [6.07, 6.45) is 5.74. The van der Waals surface area contributed by atoms with Crippen LogP contribution in [-0.2, 0) is 0 Å². The van der Waals surface area contributed by atoms with Crippen LogP contribution >= 0.6 is 0 Å². The quantitative estimate of drug-likeness (QED) is 0.418. The summed E-state index contributed by atoms with van der Waals surface area (Å²) in [5.74, 6) is 0. The molecule has 1 fully saturated rings. The van der Waals surface area contributed by atoms with Gasteiger partial charge in [-0.1, -0.05) is 11.6 Å². The molecule has 1 aliphatic rings. The van der Waals surface area contributed by atoms with Crippen LogP contribution in [0.4, 0.5) is 0 Å². The lowest BCUT2D eigenvalue weighted by atomic mass is 9.99. The van der Waals surface area contributed by atoms with Gasteiger partial charge in [-0.25, -0.2) is 0 Å². The minimum atomic E-state index is 0.250. The van der Waals surface area contributed by atoms with E-state index in [0.29, 0.717) is 0 Å². The van der Waals surface area contributed by atoms with E-state index < -0.39 is 0 Å². The third-order valence-corrected chi connectivity index (χ3v) is 1.57. The molecule has 0 saturated heterocycles. The number of aliphatic hydroxyl groups excluding tert-OH is 1. The Bertz CT molecular complexity index is 105. The molecule has 3 nitrogen and oxygen atoms in total. The molecule has 0 atom stereocenters. The van der Waals surface area contributed by atoms with Crippen molar-refractivity contribution in [1.82, 2.24) is 0 Å². The summed E-state index contributed by atoms with van der Waals surface area (Å²) in [7, 11) is 0. The van der Waals surface area contributed by atoms with E-state index in [9.17, 15) is 0 Å². The molecule has 11 heavy (non-hydrogen) atoms. The van der Waals surface area contributed by atoms with Gasteiger partial charge in [0.15, 0.2) is 0 Å². The number of hydrogen-bond donors (Lipinski definition) is 2. The van der Waals surface area contributed by atoms with Gasteiger partial charge in [-0.15, -0.1) is 0 Å². The van der Waals surface area contributed by atoms with Crippen molar-refractivity contribution in [1.29, 1.82) is 0 Å².